The van der Waals surface area contributed by atoms with Gasteiger partial charge in [0.05, 0.1) is 0 Å². The molecule has 0 N–H and O–H groups in total. The molecule has 0 nitrogen and oxygen atoms in total. The second-order valence-corrected chi connectivity index (χ2v) is 29.7. The Morgan fingerprint density at radius 3 is 1.73 bits per heavy atom. The van der Waals surface area contributed by atoms with E-state index >= 15 is 0 Å². The SMILES string of the molecule is CC(C)P(P(P)P)P(P)PP. The van der Waals surface area contributed by atoms with Crippen LogP contribution in [0.4, 0.5) is 0 Å². The maximum Gasteiger partial charge on any atom is -0.0177 e. The van der Waals surface area contributed by atoms with Crippen LogP contribution in [0.2, 0.25) is 0 Å². The van der Waals surface area contributed by atoms with E-state index in [1.807, 2.05) is 0 Å². The van der Waals surface area contributed by atoms with Crippen molar-refractivity contribution >= 4 is 64.9 Å². The molecule has 7 atom stereocenters. The van der Waals surface area contributed by atoms with Crippen LogP contribution in [0.25, 0.3) is 0 Å². The zero-order valence-corrected chi connectivity index (χ0v) is 15.0. The Morgan fingerprint density at radius 2 is 1.64 bits per heavy atom. The quantitative estimate of drug-likeness (QED) is 0.608. The van der Waals surface area contributed by atoms with E-state index in [9.17, 15) is 0 Å². The molecule has 0 bridgehead atoms. The van der Waals surface area contributed by atoms with Gasteiger partial charge < -0.3 is 0 Å². The van der Waals surface area contributed by atoms with Gasteiger partial charge in [-0.3, -0.25) is 0 Å². The van der Waals surface area contributed by atoms with E-state index < -0.39 is 0 Å². The molecule has 0 aliphatic heterocycles. The molecule has 0 amide bonds. The molecule has 0 heterocycles. The molecule has 0 aromatic rings. The lowest BCUT2D eigenvalue weighted by Gasteiger charge is -2.30. The van der Waals surface area contributed by atoms with Crippen LogP contribution < -0.4 is 0 Å². The summed E-state index contributed by atoms with van der Waals surface area (Å²) in [4.78, 5) is 0. The molecule has 0 saturated heterocycles. The van der Waals surface area contributed by atoms with Crippen molar-refractivity contribution in [1.29, 1.82) is 0 Å². The van der Waals surface area contributed by atoms with E-state index in [0.717, 1.165) is 13.6 Å². The van der Waals surface area contributed by atoms with Crippen LogP contribution in [0.5, 0.6) is 0 Å². The zero-order chi connectivity index (χ0) is 9.02. The van der Waals surface area contributed by atoms with E-state index in [0.29, 0.717) is 0 Å². The monoisotopic (exact) mass is 300 g/mol. The van der Waals surface area contributed by atoms with Gasteiger partial charge in [-0.25, -0.2) is 0 Å². The Kier molecular flexibility index (Phi) is 10.1. The topological polar surface area (TPSA) is 0 Å². The number of hydrogen-bond donors (Lipinski definition) is 0. The predicted molar refractivity (Wildman–Crippen MR) is 83.1 cm³/mol. The maximum atomic E-state index is 3.06. The summed E-state index contributed by atoms with van der Waals surface area (Å²) in [5, 5.41) is 0. The highest BCUT2D eigenvalue weighted by Crippen LogP contribution is 3.01. The van der Waals surface area contributed by atoms with Crippen molar-refractivity contribution in [2.24, 2.45) is 0 Å². The molecule has 0 spiro atoms. The van der Waals surface area contributed by atoms with Crippen molar-refractivity contribution in [3.63, 3.8) is 0 Å². The van der Waals surface area contributed by atoms with Gasteiger partial charge >= 0.3 is 0 Å². The average molecular weight is 300 g/mol. The first-order valence-corrected chi connectivity index (χ1v) is 17.1. The molecule has 0 fully saturated rings. The van der Waals surface area contributed by atoms with Crippen molar-refractivity contribution in [1.82, 2.24) is 0 Å². The first-order valence-electron chi connectivity index (χ1n) is 3.10. The Bertz CT molecular complexity index is 93.5. The number of hydrogen-bond acceptors (Lipinski definition) is 0. The molecule has 0 aliphatic carbocycles. The molecule has 8 heteroatoms. The molecule has 0 aromatic carbocycles. The molecule has 0 radical (unpaired) electrons. The van der Waals surface area contributed by atoms with Crippen LogP contribution >= 0.6 is 64.9 Å². The van der Waals surface area contributed by atoms with Gasteiger partial charge in [-0.05, 0) is 26.9 Å². The standard InChI is InChI=1S/C3H16P8/c1-3(2)9(10(5)6)11(7)8-4/h3,8H,4-7H2,1-2H3. The van der Waals surface area contributed by atoms with E-state index in [1.54, 1.807) is 0 Å². The Morgan fingerprint density at radius 1 is 1.18 bits per heavy atom. The molecule has 0 saturated carbocycles. The summed E-state index contributed by atoms with van der Waals surface area (Å²) in [6.45, 7) is 5.11. The second kappa shape index (κ2) is 7.70. The van der Waals surface area contributed by atoms with Crippen molar-refractivity contribution in [3.8, 4) is 0 Å². The van der Waals surface area contributed by atoms with Crippen molar-refractivity contribution < 1.29 is 0 Å². The van der Waals surface area contributed by atoms with E-state index in [4.69, 9.17) is 0 Å². The minimum absolute atomic E-state index is 0.151. The van der Waals surface area contributed by atoms with Crippen LogP contribution in [0, 0.1) is 0 Å². The molecular weight excluding hydrogens is 284 g/mol. The van der Waals surface area contributed by atoms with Crippen LogP contribution in [0.3, 0.4) is 0 Å². The first-order chi connectivity index (χ1) is 5.00. The average Bonchev–Trinajstić information content (AvgIpc) is 1.85. The van der Waals surface area contributed by atoms with Crippen molar-refractivity contribution in [2.75, 3.05) is 0 Å². The molecule has 0 aliphatic rings. The summed E-state index contributed by atoms with van der Waals surface area (Å²) in [5.74, 6) is 0. The lowest BCUT2D eigenvalue weighted by Crippen LogP contribution is -1.83. The van der Waals surface area contributed by atoms with Crippen LogP contribution in [0.1, 0.15) is 13.8 Å². The van der Waals surface area contributed by atoms with Gasteiger partial charge in [-0.1, -0.05) is 21.8 Å². The summed E-state index contributed by atoms with van der Waals surface area (Å²) < 4.78 is 0. The van der Waals surface area contributed by atoms with Gasteiger partial charge in [0, 0.05) is 0 Å². The van der Waals surface area contributed by atoms with Crippen LogP contribution in [-0.4, -0.2) is 5.66 Å². The van der Waals surface area contributed by atoms with E-state index in [1.165, 1.54) is 0 Å². The summed E-state index contributed by atoms with van der Waals surface area (Å²) in [7, 11) is 13.3. The van der Waals surface area contributed by atoms with Gasteiger partial charge in [-0.2, -0.15) is 0 Å². The Hall–Kier alpha value is 3.44. The summed E-state index contributed by atoms with van der Waals surface area (Å²) >= 11 is 0. The highest BCUT2D eigenvalue weighted by molar-refractivity contribution is 9.01. The molecule has 0 aromatic heterocycles. The highest BCUT2D eigenvalue weighted by Gasteiger charge is 2.22. The highest BCUT2D eigenvalue weighted by atomic mass is 33.0. The van der Waals surface area contributed by atoms with Gasteiger partial charge in [0.25, 0.3) is 0 Å². The summed E-state index contributed by atoms with van der Waals surface area (Å²) in [6.07, 6.45) is 0. The lowest BCUT2D eigenvalue weighted by atomic mass is 10.6. The van der Waals surface area contributed by atoms with Gasteiger partial charge in [-0.15, -0.1) is 35.7 Å². The van der Waals surface area contributed by atoms with Gasteiger partial charge in [0.15, 0.2) is 0 Å². The van der Waals surface area contributed by atoms with Crippen LogP contribution in [-0.2, 0) is 0 Å². The summed E-state index contributed by atoms with van der Waals surface area (Å²) in [6, 6.07) is 0. The fraction of sp³-hybridized carbons (Fsp3) is 1.00. The van der Waals surface area contributed by atoms with Crippen molar-refractivity contribution in [2.45, 2.75) is 19.5 Å². The van der Waals surface area contributed by atoms with Crippen LogP contribution in [0.15, 0.2) is 0 Å². The minimum Gasteiger partial charge on any atom is -0.109 e. The van der Waals surface area contributed by atoms with E-state index in [-0.39, 0.29) is 21.3 Å². The second-order valence-electron chi connectivity index (χ2n) is 2.27. The first kappa shape index (κ1) is 14.4. The third-order valence-corrected chi connectivity index (χ3v) is 38.0. The van der Waals surface area contributed by atoms with Gasteiger partial charge in [0.2, 0.25) is 0 Å². The normalized spacial score (nSPS) is 18.5. The van der Waals surface area contributed by atoms with Crippen molar-refractivity contribution in [3.05, 3.63) is 0 Å². The lowest BCUT2D eigenvalue weighted by molar-refractivity contribution is 1.11. The van der Waals surface area contributed by atoms with E-state index in [2.05, 4.69) is 49.6 Å². The molecule has 68 valence electrons. The minimum atomic E-state index is 0.151. The third kappa shape index (κ3) is 5.78. The Labute approximate surface area is 84.5 Å². The predicted octanol–water partition coefficient (Wildman–Crippen LogP) is 5.42. The van der Waals surface area contributed by atoms with Gasteiger partial charge in [0.1, 0.15) is 0 Å². The maximum absolute atomic E-state index is 3.06. The smallest absolute Gasteiger partial charge is 0.0177 e. The number of rotatable bonds is 4. The Balaban J connectivity index is 4.09. The largest absolute Gasteiger partial charge is 0.109 e. The zero-order valence-electron chi connectivity index (χ0n) is 6.73. The summed E-state index contributed by atoms with van der Waals surface area (Å²) in [5.41, 5.74) is 0.891. The molecule has 7 unspecified atom stereocenters. The molecule has 11 heavy (non-hydrogen) atoms. The fourth-order valence-corrected chi connectivity index (χ4v) is 49.9. The molecule has 0 rings (SSSR count). The third-order valence-electron chi connectivity index (χ3n) is 1.05. The fourth-order valence-electron chi connectivity index (χ4n) is 0.686. The molecular formula is C3H16P8.